The quantitative estimate of drug-likeness (QED) is 0.361. The minimum atomic E-state index is -4.27. The number of nitrogens with zero attached hydrogens (tertiary/aromatic N) is 2. The summed E-state index contributed by atoms with van der Waals surface area (Å²) >= 11 is 0.684. The summed E-state index contributed by atoms with van der Waals surface area (Å²) in [7, 11) is 0. The van der Waals surface area contributed by atoms with E-state index in [1.807, 2.05) is 9.80 Å². The zero-order valence-electron chi connectivity index (χ0n) is 16.7. The van der Waals surface area contributed by atoms with E-state index in [4.69, 9.17) is 0 Å². The van der Waals surface area contributed by atoms with E-state index < -0.39 is 17.7 Å². The number of anilines is 1. The fourth-order valence-corrected chi connectivity index (χ4v) is 4.95. The minimum absolute atomic E-state index is 0.102. The average Bonchev–Trinajstić information content (AvgIpc) is 2.96. The average molecular weight is 433 g/mol. The van der Waals surface area contributed by atoms with Gasteiger partial charge in [-0.05, 0) is 37.5 Å². The Morgan fingerprint density at radius 2 is 1.69 bits per heavy atom. The number of rotatable bonds is 4. The van der Waals surface area contributed by atoms with Gasteiger partial charge < -0.3 is 9.80 Å². The highest BCUT2D eigenvalue weighted by atomic mass is 32.2. The number of hydrogen-bond donors (Lipinski definition) is 0. The molecule has 0 unspecified atom stereocenters. The fraction of sp³-hybridized carbons (Fsp3) is 0.667. The van der Waals surface area contributed by atoms with Gasteiger partial charge in [-0.25, -0.2) is 4.39 Å². The molecule has 162 valence electrons. The molecule has 0 atom stereocenters. The molecule has 1 saturated carbocycles. The van der Waals surface area contributed by atoms with Gasteiger partial charge in [-0.3, -0.25) is 4.79 Å². The van der Waals surface area contributed by atoms with E-state index in [1.165, 1.54) is 25.0 Å². The number of aryl methyl sites for hydroxylation is 1. The monoisotopic (exact) mass is 432 g/mol. The highest BCUT2D eigenvalue weighted by Crippen LogP contribution is 2.34. The molecule has 3 nitrogen and oxygen atoms in total. The zero-order chi connectivity index (χ0) is 21.0. The number of hydrogen-bond acceptors (Lipinski definition) is 3. The van der Waals surface area contributed by atoms with Crippen LogP contribution >= 0.6 is 11.8 Å². The molecule has 29 heavy (non-hydrogen) atoms. The van der Waals surface area contributed by atoms with Crippen LogP contribution in [0.5, 0.6) is 0 Å². The summed E-state index contributed by atoms with van der Waals surface area (Å²) in [6.07, 6.45) is 2.22. The van der Waals surface area contributed by atoms with Gasteiger partial charge in [-0.1, -0.05) is 25.7 Å². The van der Waals surface area contributed by atoms with E-state index in [-0.39, 0.29) is 11.8 Å². The lowest BCUT2D eigenvalue weighted by Gasteiger charge is -2.38. The Kier molecular flexibility index (Phi) is 7.35. The Hall–Kier alpha value is -1.44. The van der Waals surface area contributed by atoms with Gasteiger partial charge in [0.15, 0.2) is 0 Å². The smallest absolute Gasteiger partial charge is 0.366 e. The number of carbonyl (C=O) groups is 1. The third kappa shape index (κ3) is 6.03. The highest BCUT2D eigenvalue weighted by molar-refractivity contribution is 7.99. The molecule has 1 saturated heterocycles. The molecule has 3 rings (SSSR count). The lowest BCUT2D eigenvalue weighted by Crippen LogP contribution is -2.50. The predicted molar refractivity (Wildman–Crippen MR) is 108 cm³/mol. The lowest BCUT2D eigenvalue weighted by atomic mass is 9.98. The van der Waals surface area contributed by atoms with Gasteiger partial charge >= 0.3 is 6.18 Å². The van der Waals surface area contributed by atoms with Crippen LogP contribution in [0.3, 0.4) is 0 Å². The van der Waals surface area contributed by atoms with Crippen molar-refractivity contribution in [1.29, 1.82) is 0 Å². The van der Waals surface area contributed by atoms with E-state index in [1.54, 1.807) is 6.92 Å². The van der Waals surface area contributed by atoms with E-state index in [0.717, 1.165) is 25.7 Å². The lowest BCUT2D eigenvalue weighted by molar-refractivity contribution is -0.136. The first-order valence-electron chi connectivity index (χ1n) is 10.3. The Morgan fingerprint density at radius 3 is 2.28 bits per heavy atom. The molecule has 1 amide bonds. The number of carbonyl (C=O) groups excluding carboxylic acids is 1. The van der Waals surface area contributed by atoms with Crippen LogP contribution in [0.4, 0.5) is 23.2 Å². The molecule has 0 radical (unpaired) electrons. The second-order valence-electron chi connectivity index (χ2n) is 7.97. The van der Waals surface area contributed by atoms with Gasteiger partial charge in [-0.2, -0.15) is 13.2 Å². The molecule has 0 bridgehead atoms. The Labute approximate surface area is 173 Å². The van der Waals surface area contributed by atoms with Crippen molar-refractivity contribution < 1.29 is 22.4 Å². The van der Waals surface area contributed by atoms with E-state index >= 15 is 0 Å². The maximum absolute atomic E-state index is 14.5. The molecule has 2 aliphatic rings. The number of piperazine rings is 1. The molecule has 1 aliphatic heterocycles. The predicted octanol–water partition coefficient (Wildman–Crippen LogP) is 5.41. The minimum Gasteiger partial charge on any atom is -0.366 e. The molecule has 1 heterocycles. The number of benzene rings is 1. The maximum Gasteiger partial charge on any atom is 0.398 e. The molecule has 1 aliphatic carbocycles. The second kappa shape index (κ2) is 9.58. The summed E-state index contributed by atoms with van der Waals surface area (Å²) in [4.78, 5) is 17.0. The van der Waals surface area contributed by atoms with Gasteiger partial charge in [0.2, 0.25) is 5.91 Å². The largest absolute Gasteiger partial charge is 0.398 e. The summed E-state index contributed by atoms with van der Waals surface area (Å²) < 4.78 is 52.2. The Bertz CT molecular complexity index is 709. The number of alkyl halides is 3. The second-order valence-corrected chi connectivity index (χ2v) is 8.99. The third-order valence-corrected chi connectivity index (χ3v) is 6.99. The van der Waals surface area contributed by atoms with Crippen molar-refractivity contribution in [3.05, 3.63) is 23.5 Å². The van der Waals surface area contributed by atoms with Crippen LogP contribution in [0, 0.1) is 18.7 Å². The van der Waals surface area contributed by atoms with Crippen molar-refractivity contribution in [1.82, 2.24) is 4.90 Å². The molecule has 1 aromatic rings. The Morgan fingerprint density at radius 1 is 1.07 bits per heavy atom. The van der Waals surface area contributed by atoms with Gasteiger partial charge in [0.05, 0.1) is 11.4 Å². The standard InChI is InChI=1S/C21H28F4N2OS/c1-15-12-17(22)18(13-19(15)29-14-21(23,24)25)26-8-10-27(11-9-26)20(28)16-6-4-2-3-5-7-16/h12-13,16H,2-11,14H2,1H3. The van der Waals surface area contributed by atoms with Gasteiger partial charge in [0.1, 0.15) is 5.82 Å². The first-order chi connectivity index (χ1) is 13.7. The number of amides is 1. The molecule has 8 heteroatoms. The van der Waals surface area contributed by atoms with Crippen molar-refractivity contribution in [3.63, 3.8) is 0 Å². The summed E-state index contributed by atoms with van der Waals surface area (Å²) in [5, 5.41) is 0. The number of thioether (sulfide) groups is 1. The fourth-order valence-electron chi connectivity index (χ4n) is 4.15. The van der Waals surface area contributed by atoms with Gasteiger partial charge in [-0.15, -0.1) is 11.8 Å². The summed E-state index contributed by atoms with van der Waals surface area (Å²) in [6, 6.07) is 2.82. The van der Waals surface area contributed by atoms with Gasteiger partial charge in [0.25, 0.3) is 0 Å². The van der Waals surface area contributed by atoms with Crippen LogP contribution in [-0.4, -0.2) is 48.9 Å². The molecule has 0 spiro atoms. The van der Waals surface area contributed by atoms with E-state index in [9.17, 15) is 22.4 Å². The van der Waals surface area contributed by atoms with Crippen LogP contribution in [0.15, 0.2) is 17.0 Å². The van der Waals surface area contributed by atoms with Crippen LogP contribution in [0.2, 0.25) is 0 Å². The van der Waals surface area contributed by atoms with Crippen molar-refractivity contribution in [3.8, 4) is 0 Å². The molecular formula is C21H28F4N2OS. The molecule has 1 aromatic carbocycles. The van der Waals surface area contributed by atoms with Crippen LogP contribution in [-0.2, 0) is 4.79 Å². The van der Waals surface area contributed by atoms with E-state index in [2.05, 4.69) is 0 Å². The maximum atomic E-state index is 14.5. The van der Waals surface area contributed by atoms with Crippen LogP contribution in [0.1, 0.15) is 44.1 Å². The third-order valence-electron chi connectivity index (χ3n) is 5.77. The zero-order valence-corrected chi connectivity index (χ0v) is 17.5. The van der Waals surface area contributed by atoms with Crippen LogP contribution < -0.4 is 4.90 Å². The summed E-state index contributed by atoms with van der Waals surface area (Å²) in [5.74, 6) is -1.12. The van der Waals surface area contributed by atoms with Crippen LogP contribution in [0.25, 0.3) is 0 Å². The highest BCUT2D eigenvalue weighted by Gasteiger charge is 2.30. The summed E-state index contributed by atoms with van der Waals surface area (Å²) in [5.41, 5.74) is 0.824. The first-order valence-corrected chi connectivity index (χ1v) is 11.3. The van der Waals surface area contributed by atoms with E-state index in [0.29, 0.717) is 54.1 Å². The summed E-state index contributed by atoms with van der Waals surface area (Å²) in [6.45, 7) is 3.64. The first kappa shape index (κ1) is 22.2. The van der Waals surface area contributed by atoms with Crippen molar-refractivity contribution in [2.45, 2.75) is 56.5 Å². The van der Waals surface area contributed by atoms with Crippen molar-refractivity contribution in [2.75, 3.05) is 36.8 Å². The van der Waals surface area contributed by atoms with Crippen molar-refractivity contribution >= 4 is 23.4 Å². The molecule has 2 fully saturated rings. The number of halogens is 4. The Balaban J connectivity index is 1.63. The normalized spacial score (nSPS) is 19.3. The molecular weight excluding hydrogens is 404 g/mol. The SMILES string of the molecule is Cc1cc(F)c(N2CCN(C(=O)C3CCCCCC3)CC2)cc1SCC(F)(F)F. The molecule has 0 N–H and O–H groups in total. The van der Waals surface area contributed by atoms with Crippen molar-refractivity contribution in [2.24, 2.45) is 5.92 Å². The molecule has 0 aromatic heterocycles. The topological polar surface area (TPSA) is 23.6 Å². The van der Waals surface area contributed by atoms with Gasteiger partial charge in [0, 0.05) is 37.0 Å².